The molecule has 1 fully saturated rings. The van der Waals surface area contributed by atoms with Crippen LogP contribution in [0.15, 0.2) is 30.5 Å². The quantitative estimate of drug-likeness (QED) is 0.614. The average molecular weight is 395 g/mol. The van der Waals surface area contributed by atoms with Gasteiger partial charge in [0.1, 0.15) is 17.2 Å². The fraction of sp³-hybridized carbons (Fsp3) is 0.400. The molecule has 3 aromatic heterocycles. The van der Waals surface area contributed by atoms with Gasteiger partial charge in [0.2, 0.25) is 5.91 Å². The number of fused-ring (bicyclic) bond motifs is 1. The number of aryl methyl sites for hydroxylation is 2. The molecule has 2 amide bonds. The summed E-state index contributed by atoms with van der Waals surface area (Å²) in [5.41, 5.74) is 2.56. The Hall–Kier alpha value is -3.20. The van der Waals surface area contributed by atoms with Crippen molar-refractivity contribution >= 4 is 23.3 Å². The summed E-state index contributed by atoms with van der Waals surface area (Å²) in [5, 5.41) is 13.7. The molecule has 0 spiro atoms. The Balaban J connectivity index is 1.62. The smallest absolute Gasteiger partial charge is 0.275 e. The molecule has 4 heterocycles. The number of imidazole rings is 1. The summed E-state index contributed by atoms with van der Waals surface area (Å²) in [6.45, 7) is 5.74. The van der Waals surface area contributed by atoms with Gasteiger partial charge in [0.05, 0.1) is 11.4 Å². The van der Waals surface area contributed by atoms with Crippen molar-refractivity contribution < 1.29 is 9.59 Å². The molecule has 1 aliphatic rings. The summed E-state index contributed by atoms with van der Waals surface area (Å²) in [7, 11) is 0. The molecule has 3 N–H and O–H groups in total. The van der Waals surface area contributed by atoms with Gasteiger partial charge in [0, 0.05) is 24.7 Å². The van der Waals surface area contributed by atoms with Crippen LogP contribution in [0.5, 0.6) is 0 Å². The molecule has 0 saturated carbocycles. The molecule has 4 rings (SSSR count). The molecule has 0 bridgehead atoms. The lowest BCUT2D eigenvalue weighted by Crippen LogP contribution is -2.53. The molecule has 3 aromatic rings. The van der Waals surface area contributed by atoms with E-state index in [-0.39, 0.29) is 17.9 Å². The first-order valence-electron chi connectivity index (χ1n) is 9.83. The number of nitrogens with zero attached hydrogens (tertiary/aromatic N) is 4. The standard InChI is InChI=1S/C20H25N7O2/c1-4-7-14-11-17(28)24-20(22-14)27-16(10-12(2)25-27)23-19(29)18-13(3)21-15-8-5-6-9-26(15)18/h5-6,8-10,14,20,22H,4,7,11H2,1-3H3,(H,23,29)(H,24,28). The largest absolute Gasteiger partial charge is 0.322 e. The number of carbonyl (C=O) groups is 2. The van der Waals surface area contributed by atoms with Crippen molar-refractivity contribution in [2.24, 2.45) is 0 Å². The van der Waals surface area contributed by atoms with E-state index in [9.17, 15) is 9.59 Å². The molecular formula is C20H25N7O2. The van der Waals surface area contributed by atoms with Gasteiger partial charge in [-0.15, -0.1) is 0 Å². The summed E-state index contributed by atoms with van der Waals surface area (Å²) in [4.78, 5) is 29.7. The normalized spacial score (nSPS) is 19.3. The number of nitrogens with one attached hydrogen (secondary N) is 3. The molecule has 2 unspecified atom stereocenters. The summed E-state index contributed by atoms with van der Waals surface area (Å²) in [6, 6.07) is 7.45. The molecule has 9 heteroatoms. The fourth-order valence-electron chi connectivity index (χ4n) is 3.79. The van der Waals surface area contributed by atoms with E-state index < -0.39 is 6.29 Å². The lowest BCUT2D eigenvalue weighted by Gasteiger charge is -2.32. The van der Waals surface area contributed by atoms with Crippen molar-refractivity contribution in [3.63, 3.8) is 0 Å². The van der Waals surface area contributed by atoms with E-state index in [1.807, 2.05) is 38.2 Å². The van der Waals surface area contributed by atoms with Crippen molar-refractivity contribution in [3.8, 4) is 0 Å². The minimum atomic E-state index is -0.514. The minimum absolute atomic E-state index is 0.0322. The number of hydrogen-bond acceptors (Lipinski definition) is 5. The first kappa shape index (κ1) is 19.1. The second kappa shape index (κ2) is 7.67. The molecule has 1 saturated heterocycles. The van der Waals surface area contributed by atoms with Gasteiger partial charge in [-0.3, -0.25) is 19.3 Å². The lowest BCUT2D eigenvalue weighted by molar-refractivity contribution is -0.125. The first-order valence-corrected chi connectivity index (χ1v) is 9.83. The van der Waals surface area contributed by atoms with Gasteiger partial charge in [-0.25, -0.2) is 9.67 Å². The van der Waals surface area contributed by atoms with Gasteiger partial charge < -0.3 is 10.6 Å². The van der Waals surface area contributed by atoms with E-state index in [2.05, 4.69) is 33.0 Å². The molecule has 1 aliphatic heterocycles. The van der Waals surface area contributed by atoms with Gasteiger partial charge in [-0.05, 0) is 32.4 Å². The molecule has 9 nitrogen and oxygen atoms in total. The average Bonchev–Trinajstić information content (AvgIpc) is 3.20. The Morgan fingerprint density at radius 3 is 2.97 bits per heavy atom. The fourth-order valence-corrected chi connectivity index (χ4v) is 3.79. The van der Waals surface area contributed by atoms with E-state index in [0.717, 1.165) is 18.5 Å². The Morgan fingerprint density at radius 1 is 1.34 bits per heavy atom. The highest BCUT2D eigenvalue weighted by molar-refractivity contribution is 6.04. The third kappa shape index (κ3) is 3.73. The first-order chi connectivity index (χ1) is 14.0. The topological polar surface area (TPSA) is 105 Å². The van der Waals surface area contributed by atoms with Crippen LogP contribution in [0.2, 0.25) is 0 Å². The Bertz CT molecular complexity index is 1070. The van der Waals surface area contributed by atoms with Crippen molar-refractivity contribution in [1.29, 1.82) is 0 Å². The van der Waals surface area contributed by atoms with Crippen molar-refractivity contribution in [2.45, 2.75) is 52.4 Å². The SMILES string of the molecule is CCCC1CC(=O)NC(n2nc(C)cc2NC(=O)c2c(C)nc3ccccn23)N1. The van der Waals surface area contributed by atoms with Crippen LogP contribution in [-0.4, -0.2) is 37.0 Å². The Labute approximate surface area is 168 Å². The van der Waals surface area contributed by atoms with Gasteiger partial charge in [-0.1, -0.05) is 19.4 Å². The monoisotopic (exact) mass is 395 g/mol. The second-order valence-electron chi connectivity index (χ2n) is 7.37. The molecule has 29 heavy (non-hydrogen) atoms. The minimum Gasteiger partial charge on any atom is -0.322 e. The molecule has 0 aliphatic carbocycles. The third-order valence-electron chi connectivity index (χ3n) is 5.02. The van der Waals surface area contributed by atoms with Gasteiger partial charge in [-0.2, -0.15) is 5.10 Å². The number of rotatable bonds is 5. The molecule has 0 aromatic carbocycles. The third-order valence-corrected chi connectivity index (χ3v) is 5.02. The summed E-state index contributed by atoms with van der Waals surface area (Å²) < 4.78 is 3.38. The maximum atomic E-state index is 13.1. The van der Waals surface area contributed by atoms with E-state index in [4.69, 9.17) is 0 Å². The lowest BCUT2D eigenvalue weighted by atomic mass is 10.1. The van der Waals surface area contributed by atoms with Gasteiger partial charge >= 0.3 is 0 Å². The Kier molecular flexibility index (Phi) is 5.06. The highest BCUT2D eigenvalue weighted by atomic mass is 16.2. The van der Waals surface area contributed by atoms with Crippen molar-refractivity contribution in [2.75, 3.05) is 5.32 Å². The Morgan fingerprint density at radius 2 is 2.17 bits per heavy atom. The highest BCUT2D eigenvalue weighted by Crippen LogP contribution is 2.20. The zero-order valence-electron chi connectivity index (χ0n) is 16.8. The van der Waals surface area contributed by atoms with Gasteiger partial charge in [0.15, 0.2) is 6.29 Å². The van der Waals surface area contributed by atoms with E-state index in [1.54, 1.807) is 15.1 Å². The van der Waals surface area contributed by atoms with E-state index in [1.165, 1.54) is 0 Å². The summed E-state index contributed by atoms with van der Waals surface area (Å²) in [6.07, 6.45) is 3.61. The number of hydrogen-bond donors (Lipinski definition) is 3. The zero-order chi connectivity index (χ0) is 20.5. The number of pyridine rings is 1. The van der Waals surface area contributed by atoms with Crippen LogP contribution in [0.25, 0.3) is 5.65 Å². The van der Waals surface area contributed by atoms with Crippen LogP contribution < -0.4 is 16.0 Å². The van der Waals surface area contributed by atoms with E-state index in [0.29, 0.717) is 29.3 Å². The molecule has 2 atom stereocenters. The maximum Gasteiger partial charge on any atom is 0.275 e. The summed E-state index contributed by atoms with van der Waals surface area (Å²) >= 11 is 0. The highest BCUT2D eigenvalue weighted by Gasteiger charge is 2.29. The van der Waals surface area contributed by atoms with Gasteiger partial charge in [0.25, 0.3) is 5.91 Å². The number of carbonyl (C=O) groups excluding carboxylic acids is 2. The van der Waals surface area contributed by atoms with Crippen LogP contribution in [0.1, 0.15) is 54.4 Å². The predicted molar refractivity (Wildman–Crippen MR) is 108 cm³/mol. The van der Waals surface area contributed by atoms with Crippen LogP contribution in [0, 0.1) is 13.8 Å². The summed E-state index contributed by atoms with van der Waals surface area (Å²) in [5.74, 6) is 0.192. The predicted octanol–water partition coefficient (Wildman–Crippen LogP) is 2.13. The van der Waals surface area contributed by atoms with Crippen LogP contribution >= 0.6 is 0 Å². The maximum absolute atomic E-state index is 13.1. The number of amides is 2. The van der Waals surface area contributed by atoms with Crippen LogP contribution in [0.3, 0.4) is 0 Å². The van der Waals surface area contributed by atoms with Crippen molar-refractivity contribution in [1.82, 2.24) is 29.8 Å². The molecular weight excluding hydrogens is 370 g/mol. The molecule has 152 valence electrons. The zero-order valence-corrected chi connectivity index (χ0v) is 16.8. The van der Waals surface area contributed by atoms with E-state index >= 15 is 0 Å². The van der Waals surface area contributed by atoms with Crippen LogP contribution in [0.4, 0.5) is 5.82 Å². The second-order valence-corrected chi connectivity index (χ2v) is 7.37. The number of aromatic nitrogens is 4. The van der Waals surface area contributed by atoms with Crippen molar-refractivity contribution in [3.05, 3.63) is 47.5 Å². The molecule has 0 radical (unpaired) electrons. The number of anilines is 1. The van der Waals surface area contributed by atoms with Crippen LogP contribution in [-0.2, 0) is 4.79 Å².